The maximum absolute atomic E-state index is 12.8. The van der Waals surface area contributed by atoms with E-state index in [1.54, 1.807) is 6.42 Å². The summed E-state index contributed by atoms with van der Waals surface area (Å²) < 4.78 is 59.5. The zero-order chi connectivity index (χ0) is 18.4. The first kappa shape index (κ1) is 23.6. The zero-order valence-electron chi connectivity index (χ0n) is 15.8. The van der Waals surface area contributed by atoms with Crippen LogP contribution < -0.4 is 0 Å². The molecule has 3 heterocycles. The fraction of sp³-hybridized carbons (Fsp3) is 0.933. The fourth-order valence-electron chi connectivity index (χ4n) is 3.33. The first-order chi connectivity index (χ1) is 11.6. The van der Waals surface area contributed by atoms with Crippen LogP contribution in [0.25, 0.3) is 0 Å². The van der Waals surface area contributed by atoms with Gasteiger partial charge in [0.15, 0.2) is 0 Å². The van der Waals surface area contributed by atoms with Gasteiger partial charge in [0.05, 0.1) is 25.4 Å². The molecule has 9 atom stereocenters. The molecule has 26 heavy (non-hydrogen) atoms. The largest absolute Gasteiger partial charge is 0.405 e. The Morgan fingerprint density at radius 2 is 1.46 bits per heavy atom. The van der Waals surface area contributed by atoms with Crippen molar-refractivity contribution in [1.82, 2.24) is 0 Å². The van der Waals surface area contributed by atoms with E-state index >= 15 is 0 Å². The third kappa shape index (κ3) is 5.69. The Bertz CT molecular complexity index is 590. The van der Waals surface area contributed by atoms with Crippen LogP contribution in [0.2, 0.25) is 0 Å². The normalized spacial score (nSPS) is 52.9. The molecular formula is C15H27O8P2Y-. The van der Waals surface area contributed by atoms with E-state index < -0.39 is 39.6 Å². The van der Waals surface area contributed by atoms with Gasteiger partial charge < -0.3 is 27.6 Å². The molecule has 3 aliphatic heterocycles. The Labute approximate surface area is 180 Å². The van der Waals surface area contributed by atoms with Crippen LogP contribution in [0.5, 0.6) is 0 Å². The number of fused-ring (bicyclic) bond motifs is 2. The van der Waals surface area contributed by atoms with Crippen LogP contribution in [0.3, 0.4) is 0 Å². The molecule has 0 aromatic rings. The second kappa shape index (κ2) is 8.99. The van der Waals surface area contributed by atoms with Gasteiger partial charge in [-0.1, -0.05) is 20.0 Å². The molecule has 3 aliphatic rings. The van der Waals surface area contributed by atoms with E-state index in [4.69, 9.17) is 27.6 Å². The Morgan fingerprint density at radius 1 is 0.885 bits per heavy atom. The maximum Gasteiger partial charge on any atom is 0.328 e. The van der Waals surface area contributed by atoms with Crippen molar-refractivity contribution in [2.45, 2.75) is 57.4 Å². The van der Waals surface area contributed by atoms with Crippen molar-refractivity contribution in [3.63, 3.8) is 0 Å². The van der Waals surface area contributed by atoms with Gasteiger partial charge in [-0.3, -0.25) is 15.6 Å². The summed E-state index contributed by atoms with van der Waals surface area (Å²) in [6.07, 6.45) is -0.548. The maximum atomic E-state index is 12.8. The van der Waals surface area contributed by atoms with Gasteiger partial charge in [0.25, 0.3) is 0 Å². The fourth-order valence-corrected chi connectivity index (χ4v) is 5.70. The van der Waals surface area contributed by atoms with E-state index in [2.05, 4.69) is 0 Å². The van der Waals surface area contributed by atoms with E-state index in [1.807, 2.05) is 20.8 Å². The Morgan fingerprint density at radius 3 is 2.12 bits per heavy atom. The van der Waals surface area contributed by atoms with Crippen molar-refractivity contribution in [3.05, 3.63) is 6.42 Å². The Hall–Kier alpha value is 1.32. The van der Waals surface area contributed by atoms with Crippen LogP contribution in [-0.2, 0) is 69.4 Å². The van der Waals surface area contributed by atoms with E-state index in [1.165, 1.54) is 13.3 Å². The molecule has 149 valence electrons. The van der Waals surface area contributed by atoms with Crippen LogP contribution in [-0.4, -0.2) is 63.2 Å². The average Bonchev–Trinajstić information content (AvgIpc) is 2.96. The molecule has 3 fully saturated rings. The van der Waals surface area contributed by atoms with E-state index in [0.717, 1.165) is 0 Å². The summed E-state index contributed by atoms with van der Waals surface area (Å²) in [5.74, 6) is -0.00518. The molecule has 0 aromatic heterocycles. The van der Waals surface area contributed by atoms with Gasteiger partial charge >= 0.3 is 15.2 Å². The molecule has 3 saturated heterocycles. The molecule has 0 bridgehead atoms. The second-order valence-corrected chi connectivity index (χ2v) is 11.1. The number of hydrogen-bond donors (Lipinski definition) is 0. The third-order valence-electron chi connectivity index (χ3n) is 4.80. The van der Waals surface area contributed by atoms with Crippen molar-refractivity contribution in [2.24, 2.45) is 5.92 Å². The minimum absolute atomic E-state index is 0. The molecule has 1 radical (unpaired) electrons. The van der Waals surface area contributed by atoms with Crippen LogP contribution >= 0.6 is 15.2 Å². The molecule has 8 nitrogen and oxygen atoms in total. The van der Waals surface area contributed by atoms with E-state index in [-0.39, 0.29) is 64.0 Å². The summed E-state index contributed by atoms with van der Waals surface area (Å²) in [5.41, 5.74) is 0. The van der Waals surface area contributed by atoms with Crippen molar-refractivity contribution in [1.29, 1.82) is 0 Å². The summed E-state index contributed by atoms with van der Waals surface area (Å²) in [6.45, 7) is 8.62. The SMILES string of the molecule is CC1[CH-]C2OP(C)(=O)OCC3OC(C)C(C)C3OP(C)(=O)OCC2O1.[Y]. The third-order valence-corrected chi connectivity index (χ3v) is 7.29. The molecule has 11 heteroatoms. The van der Waals surface area contributed by atoms with Crippen molar-refractivity contribution < 1.29 is 69.4 Å². The molecule has 3 rings (SSSR count). The minimum atomic E-state index is -3.33. The van der Waals surface area contributed by atoms with Crippen LogP contribution in [0.15, 0.2) is 0 Å². The van der Waals surface area contributed by atoms with Gasteiger partial charge in [-0.15, -0.1) is 0 Å². The standard InChI is InChI=1S/C15H27O8P2.Y/c1-9-6-12-13(20-9)7-18-25(5,17)23-15-10(2)11(3)21-14(15)8-19-24(4,16)22-12;/h6,9-15H,7-8H2,1-5H3;/q-1;. The first-order valence-corrected chi connectivity index (χ1v) is 12.5. The molecule has 0 spiro atoms. The summed E-state index contributed by atoms with van der Waals surface area (Å²) in [6, 6.07) is 0. The molecule has 9 unspecified atom stereocenters. The van der Waals surface area contributed by atoms with Crippen LogP contribution in [0.4, 0.5) is 0 Å². The molecule has 0 aromatic carbocycles. The van der Waals surface area contributed by atoms with Crippen LogP contribution in [0, 0.1) is 12.3 Å². The van der Waals surface area contributed by atoms with Crippen molar-refractivity contribution in [3.8, 4) is 0 Å². The van der Waals surface area contributed by atoms with Crippen LogP contribution in [0.1, 0.15) is 20.8 Å². The summed E-state index contributed by atoms with van der Waals surface area (Å²) in [5, 5.41) is 0. The minimum Gasteiger partial charge on any atom is -0.405 e. The molecule has 0 N–H and O–H groups in total. The zero-order valence-corrected chi connectivity index (χ0v) is 20.4. The molecule has 0 amide bonds. The second-order valence-electron chi connectivity index (χ2n) is 7.09. The van der Waals surface area contributed by atoms with Crippen molar-refractivity contribution in [2.75, 3.05) is 26.5 Å². The van der Waals surface area contributed by atoms with Gasteiger partial charge in [-0.25, -0.2) is 0 Å². The molecule has 0 aliphatic carbocycles. The van der Waals surface area contributed by atoms with Crippen molar-refractivity contribution >= 4 is 15.2 Å². The van der Waals surface area contributed by atoms with Gasteiger partial charge in [0.2, 0.25) is 0 Å². The topological polar surface area (TPSA) is 89.5 Å². The van der Waals surface area contributed by atoms with Gasteiger partial charge in [-0.05, 0) is 13.0 Å². The summed E-state index contributed by atoms with van der Waals surface area (Å²) in [7, 11) is -6.65. The van der Waals surface area contributed by atoms with Gasteiger partial charge in [0, 0.05) is 52.0 Å². The quantitative estimate of drug-likeness (QED) is 0.382. The van der Waals surface area contributed by atoms with Gasteiger partial charge in [0.1, 0.15) is 12.2 Å². The number of hydrogen-bond acceptors (Lipinski definition) is 8. The number of ether oxygens (including phenoxy) is 2. The molecular weight excluding hydrogens is 459 g/mol. The predicted octanol–water partition coefficient (Wildman–Crippen LogP) is 2.86. The first-order valence-electron chi connectivity index (χ1n) is 8.53. The summed E-state index contributed by atoms with van der Waals surface area (Å²) >= 11 is 0. The number of rotatable bonds is 0. The van der Waals surface area contributed by atoms with E-state index in [0.29, 0.717) is 0 Å². The van der Waals surface area contributed by atoms with Gasteiger partial charge in [-0.2, -0.15) is 0 Å². The Balaban J connectivity index is 0.00000243. The molecule has 0 saturated carbocycles. The Kier molecular flexibility index (Phi) is 8.16. The monoisotopic (exact) mass is 486 g/mol. The smallest absolute Gasteiger partial charge is 0.328 e. The van der Waals surface area contributed by atoms with E-state index in [9.17, 15) is 9.13 Å². The predicted molar refractivity (Wildman–Crippen MR) is 90.8 cm³/mol. The average molecular weight is 486 g/mol. The summed E-state index contributed by atoms with van der Waals surface area (Å²) in [4.78, 5) is 0.